The summed E-state index contributed by atoms with van der Waals surface area (Å²) in [4.78, 5) is 16.2. The summed E-state index contributed by atoms with van der Waals surface area (Å²) < 4.78 is 22.6. The van der Waals surface area contributed by atoms with Crippen LogP contribution in [-0.2, 0) is 21.2 Å². The first-order valence-electron chi connectivity index (χ1n) is 7.16. The highest BCUT2D eigenvalue weighted by atomic mass is 32.2. The van der Waals surface area contributed by atoms with Crippen molar-refractivity contribution in [3.63, 3.8) is 0 Å². The lowest BCUT2D eigenvalue weighted by molar-refractivity contribution is -0.121. The van der Waals surface area contributed by atoms with Crippen LogP contribution in [0.5, 0.6) is 0 Å². The van der Waals surface area contributed by atoms with Crippen molar-refractivity contribution in [2.75, 3.05) is 5.75 Å². The second-order valence-corrected chi connectivity index (χ2v) is 7.30. The number of hydrogen-bond acceptors (Lipinski definition) is 5. The monoisotopic (exact) mass is 332 g/mol. The highest BCUT2D eigenvalue weighted by molar-refractivity contribution is 7.94. The topological polar surface area (TPSA) is 105 Å². The van der Waals surface area contributed by atoms with Crippen LogP contribution in [0.2, 0.25) is 0 Å². The van der Waals surface area contributed by atoms with Gasteiger partial charge in [-0.3, -0.25) is 9.89 Å². The molecule has 0 saturated heterocycles. The maximum atomic E-state index is 11.9. The van der Waals surface area contributed by atoms with Crippen molar-refractivity contribution < 1.29 is 13.2 Å². The zero-order valence-electron chi connectivity index (χ0n) is 12.3. The van der Waals surface area contributed by atoms with Gasteiger partial charge in [-0.2, -0.15) is 5.10 Å². The molecular weight excluding hydrogens is 316 g/mol. The van der Waals surface area contributed by atoms with E-state index in [1.54, 1.807) is 6.08 Å². The van der Waals surface area contributed by atoms with E-state index in [-0.39, 0.29) is 30.5 Å². The Kier molecular flexibility index (Phi) is 4.24. The number of benzene rings is 1. The number of rotatable bonds is 5. The second kappa shape index (κ2) is 6.33. The van der Waals surface area contributed by atoms with E-state index in [0.29, 0.717) is 11.6 Å². The fourth-order valence-corrected chi connectivity index (χ4v) is 3.75. The molecule has 0 aliphatic carbocycles. The van der Waals surface area contributed by atoms with Gasteiger partial charge in [-0.25, -0.2) is 13.4 Å². The molecule has 2 aromatic rings. The number of aromatic nitrogens is 3. The van der Waals surface area contributed by atoms with Crippen LogP contribution < -0.4 is 5.32 Å². The summed E-state index contributed by atoms with van der Waals surface area (Å²) in [6.45, 7) is 0.224. The molecule has 1 aliphatic rings. The molecule has 1 aromatic heterocycles. The minimum Gasteiger partial charge on any atom is -0.349 e. The van der Waals surface area contributed by atoms with Crippen LogP contribution >= 0.6 is 0 Å². The van der Waals surface area contributed by atoms with E-state index in [2.05, 4.69) is 20.5 Å². The molecular formula is C15H16N4O3S. The Labute approximate surface area is 133 Å². The maximum absolute atomic E-state index is 11.9. The molecule has 7 nitrogen and oxygen atoms in total. The standard InChI is InChI=1S/C15H16N4O3S/c20-14(8-11-6-7-23(21,22)10-11)16-9-13-17-15(19-18-13)12-4-2-1-3-5-12/h1-7,11H,8-10H2,(H,16,20)(H,17,18,19). The highest BCUT2D eigenvalue weighted by Gasteiger charge is 2.23. The van der Waals surface area contributed by atoms with E-state index in [1.807, 2.05) is 30.3 Å². The molecule has 23 heavy (non-hydrogen) atoms. The van der Waals surface area contributed by atoms with Crippen molar-refractivity contribution >= 4 is 15.7 Å². The van der Waals surface area contributed by atoms with Gasteiger partial charge in [0.1, 0.15) is 5.82 Å². The third-order valence-corrected chi connectivity index (χ3v) is 4.93. The number of nitrogens with zero attached hydrogens (tertiary/aromatic N) is 2. The molecule has 0 radical (unpaired) electrons. The predicted octanol–water partition coefficient (Wildman–Crippen LogP) is 1.04. The van der Waals surface area contributed by atoms with E-state index in [9.17, 15) is 13.2 Å². The van der Waals surface area contributed by atoms with Gasteiger partial charge < -0.3 is 5.32 Å². The molecule has 120 valence electrons. The summed E-state index contributed by atoms with van der Waals surface area (Å²) in [6, 6.07) is 9.51. The molecule has 2 N–H and O–H groups in total. The van der Waals surface area contributed by atoms with Gasteiger partial charge in [-0.15, -0.1) is 0 Å². The van der Waals surface area contributed by atoms with Crippen LogP contribution in [-0.4, -0.2) is 35.3 Å². The Morgan fingerprint density at radius 3 is 2.78 bits per heavy atom. The largest absolute Gasteiger partial charge is 0.349 e. The normalized spacial score (nSPS) is 18.9. The molecule has 1 aliphatic heterocycles. The van der Waals surface area contributed by atoms with Crippen LogP contribution in [0, 0.1) is 5.92 Å². The zero-order chi connectivity index (χ0) is 16.3. The molecule has 0 spiro atoms. The van der Waals surface area contributed by atoms with E-state index in [1.165, 1.54) is 5.41 Å². The molecule has 0 saturated carbocycles. The van der Waals surface area contributed by atoms with Gasteiger partial charge in [0.05, 0.1) is 12.3 Å². The lowest BCUT2D eigenvalue weighted by Crippen LogP contribution is -2.26. The molecule has 0 bridgehead atoms. The van der Waals surface area contributed by atoms with Crippen molar-refractivity contribution in [3.05, 3.63) is 47.6 Å². The van der Waals surface area contributed by atoms with E-state index < -0.39 is 9.84 Å². The highest BCUT2D eigenvalue weighted by Crippen LogP contribution is 2.18. The Morgan fingerprint density at radius 2 is 2.09 bits per heavy atom. The first-order valence-corrected chi connectivity index (χ1v) is 8.88. The minimum absolute atomic E-state index is 0.000876. The first kappa shape index (κ1) is 15.4. The summed E-state index contributed by atoms with van der Waals surface area (Å²) in [6.07, 6.45) is 1.71. The van der Waals surface area contributed by atoms with Crippen LogP contribution in [0.15, 0.2) is 41.8 Å². The summed E-state index contributed by atoms with van der Waals surface area (Å²) in [5.41, 5.74) is 0.891. The number of hydrogen-bond donors (Lipinski definition) is 2. The van der Waals surface area contributed by atoms with Crippen molar-refractivity contribution in [2.24, 2.45) is 5.92 Å². The summed E-state index contributed by atoms with van der Waals surface area (Å²) in [5, 5.41) is 10.8. The minimum atomic E-state index is -3.12. The van der Waals surface area contributed by atoms with Crippen LogP contribution in [0.4, 0.5) is 0 Å². The molecule has 1 atom stereocenters. The van der Waals surface area contributed by atoms with Crippen LogP contribution in [0.1, 0.15) is 12.2 Å². The number of nitrogens with one attached hydrogen (secondary N) is 2. The van der Waals surface area contributed by atoms with Gasteiger partial charge in [0.15, 0.2) is 15.7 Å². The smallest absolute Gasteiger partial charge is 0.220 e. The van der Waals surface area contributed by atoms with Crippen molar-refractivity contribution in [2.45, 2.75) is 13.0 Å². The van der Waals surface area contributed by atoms with Gasteiger partial charge in [0.25, 0.3) is 0 Å². The number of carbonyl (C=O) groups is 1. The summed E-state index contributed by atoms with van der Waals surface area (Å²) >= 11 is 0. The summed E-state index contributed by atoms with van der Waals surface area (Å²) in [7, 11) is -3.12. The van der Waals surface area contributed by atoms with Crippen LogP contribution in [0.3, 0.4) is 0 Å². The lowest BCUT2D eigenvalue weighted by atomic mass is 10.1. The van der Waals surface area contributed by atoms with Gasteiger partial charge in [0, 0.05) is 23.3 Å². The SMILES string of the molecule is O=C(CC1C=CS(=O)(=O)C1)NCc1nc(-c2ccccc2)n[nH]1. The van der Waals surface area contributed by atoms with Crippen molar-refractivity contribution in [1.82, 2.24) is 20.5 Å². The number of allylic oxidation sites excluding steroid dienone is 1. The Balaban J connectivity index is 1.52. The molecule has 2 heterocycles. The third-order valence-electron chi connectivity index (χ3n) is 3.47. The quantitative estimate of drug-likeness (QED) is 0.851. The number of carbonyl (C=O) groups excluding carboxylic acids is 1. The van der Waals surface area contributed by atoms with Gasteiger partial charge in [0.2, 0.25) is 5.91 Å². The molecule has 3 rings (SSSR count). The Hall–Kier alpha value is -2.48. The third kappa shape index (κ3) is 4.04. The Bertz CT molecular complexity index is 827. The maximum Gasteiger partial charge on any atom is 0.220 e. The fourth-order valence-electron chi connectivity index (χ4n) is 2.35. The van der Waals surface area contributed by atoms with Crippen LogP contribution in [0.25, 0.3) is 11.4 Å². The van der Waals surface area contributed by atoms with Gasteiger partial charge in [-0.05, 0) is 0 Å². The average molecular weight is 332 g/mol. The zero-order valence-corrected chi connectivity index (χ0v) is 13.1. The fraction of sp³-hybridized carbons (Fsp3) is 0.267. The average Bonchev–Trinajstić information content (AvgIpc) is 3.13. The number of H-pyrrole nitrogens is 1. The molecule has 1 amide bonds. The van der Waals surface area contributed by atoms with E-state index in [0.717, 1.165) is 5.56 Å². The Morgan fingerprint density at radius 1 is 1.30 bits per heavy atom. The predicted molar refractivity (Wildman–Crippen MR) is 84.7 cm³/mol. The molecule has 8 heteroatoms. The number of amides is 1. The van der Waals surface area contributed by atoms with Crippen molar-refractivity contribution in [3.8, 4) is 11.4 Å². The van der Waals surface area contributed by atoms with E-state index >= 15 is 0 Å². The van der Waals surface area contributed by atoms with Gasteiger partial charge in [-0.1, -0.05) is 36.4 Å². The van der Waals surface area contributed by atoms with Crippen molar-refractivity contribution in [1.29, 1.82) is 0 Å². The second-order valence-electron chi connectivity index (χ2n) is 5.37. The number of aromatic amines is 1. The molecule has 1 aromatic carbocycles. The lowest BCUT2D eigenvalue weighted by Gasteiger charge is -2.06. The molecule has 1 unspecified atom stereocenters. The number of sulfone groups is 1. The van der Waals surface area contributed by atoms with Gasteiger partial charge >= 0.3 is 0 Å². The van der Waals surface area contributed by atoms with E-state index in [4.69, 9.17) is 0 Å². The summed E-state index contributed by atoms with van der Waals surface area (Å²) in [5.74, 6) is 0.649. The first-order chi connectivity index (χ1) is 11.0. The molecule has 0 fully saturated rings.